The van der Waals surface area contributed by atoms with Crippen LogP contribution < -0.4 is 5.73 Å². The van der Waals surface area contributed by atoms with Gasteiger partial charge in [0.25, 0.3) is 0 Å². The van der Waals surface area contributed by atoms with Crippen LogP contribution >= 0.6 is 0 Å². The van der Waals surface area contributed by atoms with Crippen molar-refractivity contribution in [1.29, 1.82) is 5.26 Å². The quantitative estimate of drug-likeness (QED) is 0.610. The van der Waals surface area contributed by atoms with Crippen LogP contribution in [0.5, 0.6) is 0 Å². The molecular weight excluding hydrogens is 192 g/mol. The van der Waals surface area contributed by atoms with Gasteiger partial charge in [0.2, 0.25) is 0 Å². The number of rotatable bonds is 4. The Hall–Kier alpha value is -1.41. The average molecular weight is 206 g/mol. The molecule has 0 aliphatic carbocycles. The maximum absolute atomic E-state index is 9.68. The molecule has 0 amide bonds. The summed E-state index contributed by atoms with van der Waals surface area (Å²) in [4.78, 5) is 0. The molecule has 0 aliphatic heterocycles. The highest BCUT2D eigenvalue weighted by Crippen LogP contribution is 2.21. The molecule has 1 aromatic carbocycles. The summed E-state index contributed by atoms with van der Waals surface area (Å²) < 4.78 is 0. The van der Waals surface area contributed by atoms with E-state index in [0.717, 1.165) is 5.56 Å². The van der Waals surface area contributed by atoms with Crippen molar-refractivity contribution in [2.45, 2.75) is 18.6 Å². The highest BCUT2D eigenvalue weighted by Gasteiger charge is 2.19. The Morgan fingerprint density at radius 2 is 2.00 bits per heavy atom. The lowest BCUT2D eigenvalue weighted by Crippen LogP contribution is -2.18. The predicted molar refractivity (Wildman–Crippen MR) is 55.8 cm³/mol. The van der Waals surface area contributed by atoms with Gasteiger partial charge in [-0.05, 0) is 24.1 Å². The second-order valence-electron chi connectivity index (χ2n) is 3.26. The minimum absolute atomic E-state index is 0.465. The Bertz CT molecular complexity index is 360. The van der Waals surface area contributed by atoms with Crippen LogP contribution in [0.15, 0.2) is 24.3 Å². The highest BCUT2D eigenvalue weighted by molar-refractivity contribution is 5.30. The minimum Gasteiger partial charge on any atom is -0.385 e. The molecule has 0 bridgehead atoms. The zero-order valence-corrected chi connectivity index (χ0v) is 8.30. The number of nitrogens with zero attached hydrogens (tertiary/aromatic N) is 1. The van der Waals surface area contributed by atoms with Crippen molar-refractivity contribution in [2.24, 2.45) is 5.73 Å². The Labute approximate surface area is 88.6 Å². The van der Waals surface area contributed by atoms with Gasteiger partial charge in [-0.3, -0.25) is 0 Å². The van der Waals surface area contributed by atoms with Crippen molar-refractivity contribution in [3.8, 4) is 6.07 Å². The third kappa shape index (κ3) is 2.77. The van der Waals surface area contributed by atoms with E-state index in [1.807, 2.05) is 12.1 Å². The molecule has 2 atom stereocenters. The molecule has 0 saturated heterocycles. The van der Waals surface area contributed by atoms with Gasteiger partial charge in [0.15, 0.2) is 6.10 Å². The van der Waals surface area contributed by atoms with Crippen LogP contribution in [0.25, 0.3) is 0 Å². The van der Waals surface area contributed by atoms with E-state index in [1.165, 1.54) is 0 Å². The summed E-state index contributed by atoms with van der Waals surface area (Å²) in [5, 5.41) is 27.4. The number of aliphatic hydroxyl groups excluding tert-OH is 2. The summed E-state index contributed by atoms with van der Waals surface area (Å²) in [6.07, 6.45) is -1.95. The second-order valence-corrected chi connectivity index (χ2v) is 3.26. The maximum Gasteiger partial charge on any atom is 0.170 e. The van der Waals surface area contributed by atoms with Gasteiger partial charge in [-0.25, -0.2) is 0 Å². The molecule has 0 fully saturated rings. The average Bonchev–Trinajstić information content (AvgIpc) is 2.28. The van der Waals surface area contributed by atoms with E-state index in [-0.39, 0.29) is 0 Å². The standard InChI is InChI=1S/C11H14N2O2/c12-6-5-8-3-1-2-4-9(8)11(15)10(14)7-13/h1-4,10-11,14-15H,5-6,12H2. The molecule has 80 valence electrons. The van der Waals surface area contributed by atoms with Crippen molar-refractivity contribution in [3.05, 3.63) is 35.4 Å². The summed E-state index contributed by atoms with van der Waals surface area (Å²) in [5.41, 5.74) is 6.86. The molecule has 0 aromatic heterocycles. The summed E-state index contributed by atoms with van der Waals surface area (Å²) in [5.74, 6) is 0. The van der Waals surface area contributed by atoms with Gasteiger partial charge >= 0.3 is 0 Å². The molecule has 15 heavy (non-hydrogen) atoms. The summed E-state index contributed by atoms with van der Waals surface area (Å²) >= 11 is 0. The highest BCUT2D eigenvalue weighted by atomic mass is 16.3. The van der Waals surface area contributed by atoms with E-state index < -0.39 is 12.2 Å². The van der Waals surface area contributed by atoms with Crippen molar-refractivity contribution >= 4 is 0 Å². The predicted octanol–water partition coefficient (Wildman–Crippen LogP) is 0.106. The van der Waals surface area contributed by atoms with E-state index in [2.05, 4.69) is 0 Å². The van der Waals surface area contributed by atoms with Crippen LogP contribution in [-0.4, -0.2) is 22.9 Å². The maximum atomic E-state index is 9.68. The number of hydrogen-bond acceptors (Lipinski definition) is 4. The summed E-state index contributed by atoms with van der Waals surface area (Å²) in [6, 6.07) is 8.71. The van der Waals surface area contributed by atoms with Crippen LogP contribution in [0.4, 0.5) is 0 Å². The van der Waals surface area contributed by atoms with Crippen LogP contribution in [0.1, 0.15) is 17.2 Å². The minimum atomic E-state index is -1.40. The van der Waals surface area contributed by atoms with Crippen LogP contribution in [0, 0.1) is 11.3 Å². The first-order valence-corrected chi connectivity index (χ1v) is 4.74. The van der Waals surface area contributed by atoms with Crippen LogP contribution in [-0.2, 0) is 6.42 Å². The lowest BCUT2D eigenvalue weighted by atomic mass is 9.97. The first-order valence-electron chi connectivity index (χ1n) is 4.74. The van der Waals surface area contributed by atoms with E-state index in [0.29, 0.717) is 18.5 Å². The molecule has 4 N–H and O–H groups in total. The molecule has 0 saturated carbocycles. The molecule has 1 aromatic rings. The van der Waals surface area contributed by atoms with Gasteiger partial charge < -0.3 is 15.9 Å². The Morgan fingerprint density at radius 1 is 1.33 bits per heavy atom. The molecule has 2 unspecified atom stereocenters. The van der Waals surface area contributed by atoms with Gasteiger partial charge in [0, 0.05) is 0 Å². The largest absolute Gasteiger partial charge is 0.385 e. The topological polar surface area (TPSA) is 90.3 Å². The van der Waals surface area contributed by atoms with Gasteiger partial charge in [0.05, 0.1) is 6.07 Å². The van der Waals surface area contributed by atoms with Gasteiger partial charge in [-0.15, -0.1) is 0 Å². The van der Waals surface area contributed by atoms with E-state index in [9.17, 15) is 10.2 Å². The first-order chi connectivity index (χ1) is 7.20. The lowest BCUT2D eigenvalue weighted by Gasteiger charge is -2.15. The molecule has 0 radical (unpaired) electrons. The van der Waals surface area contributed by atoms with Gasteiger partial charge in [-0.1, -0.05) is 24.3 Å². The molecule has 0 aliphatic rings. The molecule has 4 nitrogen and oxygen atoms in total. The fraction of sp³-hybridized carbons (Fsp3) is 0.364. The zero-order valence-electron chi connectivity index (χ0n) is 8.30. The third-order valence-electron chi connectivity index (χ3n) is 2.22. The number of aliphatic hydroxyl groups is 2. The number of nitrogens with two attached hydrogens (primary N) is 1. The van der Waals surface area contributed by atoms with E-state index in [4.69, 9.17) is 11.0 Å². The molecule has 0 spiro atoms. The van der Waals surface area contributed by atoms with E-state index >= 15 is 0 Å². The molecule has 4 heteroatoms. The lowest BCUT2D eigenvalue weighted by molar-refractivity contribution is 0.0522. The zero-order chi connectivity index (χ0) is 11.3. The molecule has 1 rings (SSSR count). The summed E-state index contributed by atoms with van der Waals surface area (Å²) in [7, 11) is 0. The van der Waals surface area contributed by atoms with Crippen LogP contribution in [0.3, 0.4) is 0 Å². The monoisotopic (exact) mass is 206 g/mol. The number of nitriles is 1. The Balaban J connectivity index is 2.97. The van der Waals surface area contributed by atoms with Gasteiger partial charge in [0.1, 0.15) is 6.10 Å². The Kier molecular flexibility index (Phi) is 4.25. The SMILES string of the molecule is N#CC(O)C(O)c1ccccc1CCN. The number of benzene rings is 1. The normalized spacial score (nSPS) is 14.3. The van der Waals surface area contributed by atoms with Crippen molar-refractivity contribution < 1.29 is 10.2 Å². The fourth-order valence-corrected chi connectivity index (χ4v) is 1.45. The number of hydrogen-bond donors (Lipinski definition) is 3. The fourth-order valence-electron chi connectivity index (χ4n) is 1.45. The van der Waals surface area contributed by atoms with Crippen molar-refractivity contribution in [3.63, 3.8) is 0 Å². The van der Waals surface area contributed by atoms with E-state index in [1.54, 1.807) is 18.2 Å². The third-order valence-corrected chi connectivity index (χ3v) is 2.22. The second kappa shape index (κ2) is 5.47. The molecule has 0 heterocycles. The van der Waals surface area contributed by atoms with Gasteiger partial charge in [-0.2, -0.15) is 5.26 Å². The first kappa shape index (κ1) is 11.7. The van der Waals surface area contributed by atoms with Crippen molar-refractivity contribution in [2.75, 3.05) is 6.54 Å². The Morgan fingerprint density at radius 3 is 2.60 bits per heavy atom. The molecular formula is C11H14N2O2. The summed E-state index contributed by atoms with van der Waals surface area (Å²) in [6.45, 7) is 0.465. The smallest absolute Gasteiger partial charge is 0.170 e. The van der Waals surface area contributed by atoms with Crippen LogP contribution in [0.2, 0.25) is 0 Å². The van der Waals surface area contributed by atoms with Crippen molar-refractivity contribution in [1.82, 2.24) is 0 Å².